The number of hydrogen-bond donors (Lipinski definition) is 3. The molecule has 4 heterocycles. The summed E-state index contributed by atoms with van der Waals surface area (Å²) in [6.07, 6.45) is 0. The third kappa shape index (κ3) is 2.81. The van der Waals surface area contributed by atoms with Crippen molar-refractivity contribution in [2.24, 2.45) is 0 Å². The molecule has 3 aromatic carbocycles. The first-order chi connectivity index (χ1) is 17.6. The summed E-state index contributed by atoms with van der Waals surface area (Å²) in [5, 5.41) is 55.8. The highest BCUT2D eigenvalue weighted by Crippen LogP contribution is 2.29. The normalized spacial score (nSPS) is 11.7. The molecule has 0 radical (unpaired) electrons. The summed E-state index contributed by atoms with van der Waals surface area (Å²) in [5.41, 5.74) is 2.11. The fourth-order valence-corrected chi connectivity index (χ4v) is 4.21. The Bertz CT molecular complexity index is 1650. The van der Waals surface area contributed by atoms with E-state index in [0.29, 0.717) is 51.5 Å². The molecule has 0 amide bonds. The van der Waals surface area contributed by atoms with E-state index in [1.807, 2.05) is 0 Å². The van der Waals surface area contributed by atoms with Gasteiger partial charge in [0.15, 0.2) is 17.5 Å². The Hall–Kier alpha value is -5.52. The van der Waals surface area contributed by atoms with Gasteiger partial charge in [0, 0.05) is 16.7 Å². The van der Waals surface area contributed by atoms with Crippen LogP contribution in [0.15, 0.2) is 72.8 Å². The Morgan fingerprint density at radius 1 is 0.361 bits per heavy atom. The molecule has 0 saturated carbocycles. The van der Waals surface area contributed by atoms with Gasteiger partial charge in [-0.05, 0) is 72.8 Å². The summed E-state index contributed by atoms with van der Waals surface area (Å²) < 4.78 is 5.22. The molecule has 12 nitrogen and oxygen atoms in total. The van der Waals surface area contributed by atoms with Gasteiger partial charge in [0.2, 0.25) is 17.3 Å². The molecule has 12 heteroatoms. The van der Waals surface area contributed by atoms with E-state index in [2.05, 4.69) is 30.6 Å². The third-order valence-corrected chi connectivity index (χ3v) is 5.91. The van der Waals surface area contributed by atoms with Crippen LogP contribution in [-0.4, -0.2) is 59.1 Å². The number of benzene rings is 3. The lowest BCUT2D eigenvalue weighted by atomic mass is 10.2. The van der Waals surface area contributed by atoms with Crippen LogP contribution in [0.3, 0.4) is 0 Å². The summed E-state index contributed by atoms with van der Waals surface area (Å²) in [5.74, 6) is 3.03. The average molecular weight is 477 g/mol. The lowest BCUT2D eigenvalue weighted by Crippen LogP contribution is -2.07. The minimum absolute atomic E-state index is 0.130. The van der Waals surface area contributed by atoms with Crippen LogP contribution in [0.4, 0.5) is 0 Å². The van der Waals surface area contributed by atoms with E-state index in [-0.39, 0.29) is 17.2 Å². The molecule has 0 aliphatic heterocycles. The molecule has 0 fully saturated rings. The summed E-state index contributed by atoms with van der Waals surface area (Å²) in [6.45, 7) is 0. The van der Waals surface area contributed by atoms with Gasteiger partial charge in [-0.15, -0.1) is 30.6 Å². The highest BCUT2D eigenvalue weighted by Gasteiger charge is 2.24. The Balaban J connectivity index is 1.62. The van der Waals surface area contributed by atoms with Gasteiger partial charge in [0.25, 0.3) is 0 Å². The molecule has 0 atom stereocenters. The molecule has 0 spiro atoms. The van der Waals surface area contributed by atoms with Crippen LogP contribution in [-0.2, 0) is 0 Å². The van der Waals surface area contributed by atoms with Gasteiger partial charge in [0.05, 0.1) is 0 Å². The molecule has 0 bridgehead atoms. The van der Waals surface area contributed by atoms with E-state index >= 15 is 0 Å². The number of fused-ring (bicyclic) bond motifs is 6. The van der Waals surface area contributed by atoms with Crippen LogP contribution in [0, 0.1) is 0 Å². The SMILES string of the molecule is Oc1ccc(-c2nnc3n2c2nnc(-c4ccc(O)cc4)n2c2nnc(-c4ccc(O)cc4)n32)cc1. The van der Waals surface area contributed by atoms with Gasteiger partial charge in [0.1, 0.15) is 17.2 Å². The molecule has 4 aromatic heterocycles. The molecule has 7 aromatic rings. The van der Waals surface area contributed by atoms with Crippen molar-refractivity contribution >= 4 is 17.3 Å². The van der Waals surface area contributed by atoms with Crippen LogP contribution in [0.2, 0.25) is 0 Å². The number of hydrogen-bond acceptors (Lipinski definition) is 9. The van der Waals surface area contributed by atoms with Crippen LogP contribution >= 0.6 is 0 Å². The molecule has 0 saturated heterocycles. The van der Waals surface area contributed by atoms with Gasteiger partial charge < -0.3 is 15.3 Å². The van der Waals surface area contributed by atoms with E-state index < -0.39 is 0 Å². The Labute approximate surface area is 201 Å². The highest BCUT2D eigenvalue weighted by atomic mass is 16.3. The van der Waals surface area contributed by atoms with Crippen molar-refractivity contribution < 1.29 is 15.3 Å². The predicted molar refractivity (Wildman–Crippen MR) is 127 cm³/mol. The number of rotatable bonds is 3. The van der Waals surface area contributed by atoms with Crippen molar-refractivity contribution in [2.45, 2.75) is 0 Å². The largest absolute Gasteiger partial charge is 0.508 e. The number of aromatic nitrogens is 9. The summed E-state index contributed by atoms with van der Waals surface area (Å²) >= 11 is 0. The van der Waals surface area contributed by atoms with E-state index in [1.165, 1.54) is 0 Å². The van der Waals surface area contributed by atoms with Crippen molar-refractivity contribution in [2.75, 3.05) is 0 Å². The summed E-state index contributed by atoms with van der Waals surface area (Å²) in [4.78, 5) is 0. The highest BCUT2D eigenvalue weighted by molar-refractivity contribution is 5.72. The maximum Gasteiger partial charge on any atom is 0.247 e. The van der Waals surface area contributed by atoms with Crippen molar-refractivity contribution in [3.8, 4) is 51.4 Å². The second kappa shape index (κ2) is 7.24. The lowest BCUT2D eigenvalue weighted by Gasteiger charge is -2.08. The Morgan fingerprint density at radius 2 is 0.611 bits per heavy atom. The number of phenols is 3. The molecular formula is C24H15N9O3. The number of nitrogens with zero attached hydrogens (tertiary/aromatic N) is 9. The fourth-order valence-electron chi connectivity index (χ4n) is 4.21. The standard InChI is InChI=1S/C24H15N9O3/c34-16-7-1-13(2-8-16)19-25-28-22-31(19)23-29-26-20(14-3-9-17(35)10-4-14)33(23)24-30-27-21(32(22)24)15-5-11-18(36)12-6-15/h1-12,34-36H. The van der Waals surface area contributed by atoms with E-state index in [9.17, 15) is 15.3 Å². The van der Waals surface area contributed by atoms with E-state index in [4.69, 9.17) is 0 Å². The van der Waals surface area contributed by atoms with E-state index in [1.54, 1.807) is 86.0 Å². The molecule has 0 aliphatic carbocycles. The summed E-state index contributed by atoms with van der Waals surface area (Å²) in [7, 11) is 0. The molecule has 0 unspecified atom stereocenters. The van der Waals surface area contributed by atoms with E-state index in [0.717, 1.165) is 0 Å². The molecule has 0 aliphatic rings. The smallest absolute Gasteiger partial charge is 0.247 e. The quantitative estimate of drug-likeness (QED) is 0.349. The lowest BCUT2D eigenvalue weighted by molar-refractivity contribution is 0.475. The Morgan fingerprint density at radius 3 is 0.861 bits per heavy atom. The predicted octanol–water partition coefficient (Wildman–Crippen LogP) is 2.93. The molecule has 7 rings (SSSR count). The monoisotopic (exact) mass is 477 g/mol. The zero-order valence-electron chi connectivity index (χ0n) is 18.3. The molecule has 3 N–H and O–H groups in total. The Kier molecular flexibility index (Phi) is 4.00. The minimum Gasteiger partial charge on any atom is -0.508 e. The van der Waals surface area contributed by atoms with Gasteiger partial charge in [-0.25, -0.2) is 13.2 Å². The van der Waals surface area contributed by atoms with Crippen molar-refractivity contribution in [1.29, 1.82) is 0 Å². The third-order valence-electron chi connectivity index (χ3n) is 5.91. The first-order valence-corrected chi connectivity index (χ1v) is 10.8. The van der Waals surface area contributed by atoms with Gasteiger partial charge in [-0.1, -0.05) is 0 Å². The van der Waals surface area contributed by atoms with Gasteiger partial charge in [-0.3, -0.25) is 0 Å². The van der Waals surface area contributed by atoms with Crippen LogP contribution in [0.5, 0.6) is 17.2 Å². The van der Waals surface area contributed by atoms with Gasteiger partial charge >= 0.3 is 0 Å². The zero-order chi connectivity index (χ0) is 24.4. The molecule has 36 heavy (non-hydrogen) atoms. The molecule has 174 valence electrons. The van der Waals surface area contributed by atoms with Crippen molar-refractivity contribution in [1.82, 2.24) is 43.8 Å². The van der Waals surface area contributed by atoms with Crippen molar-refractivity contribution in [3.63, 3.8) is 0 Å². The number of aromatic hydroxyl groups is 3. The zero-order valence-corrected chi connectivity index (χ0v) is 18.3. The van der Waals surface area contributed by atoms with Crippen LogP contribution < -0.4 is 0 Å². The number of phenolic OH excluding ortho intramolecular Hbond substituents is 3. The maximum absolute atomic E-state index is 9.76. The van der Waals surface area contributed by atoms with Crippen LogP contribution in [0.1, 0.15) is 0 Å². The second-order valence-corrected chi connectivity index (χ2v) is 8.12. The topological polar surface area (TPSA) is 151 Å². The van der Waals surface area contributed by atoms with Crippen molar-refractivity contribution in [3.05, 3.63) is 72.8 Å². The van der Waals surface area contributed by atoms with Gasteiger partial charge in [-0.2, -0.15) is 0 Å². The fraction of sp³-hybridized carbons (Fsp3) is 0. The minimum atomic E-state index is 0.130. The molecular weight excluding hydrogens is 462 g/mol. The first kappa shape index (κ1) is 19.9. The summed E-state index contributed by atoms with van der Waals surface area (Å²) in [6, 6.07) is 19.8. The van der Waals surface area contributed by atoms with Crippen LogP contribution in [0.25, 0.3) is 51.5 Å². The average Bonchev–Trinajstić information content (AvgIpc) is 3.62. The maximum atomic E-state index is 9.76. The second-order valence-electron chi connectivity index (χ2n) is 8.12. The first-order valence-electron chi connectivity index (χ1n) is 10.8.